The van der Waals surface area contributed by atoms with Crippen LogP contribution in [0.25, 0.3) is 0 Å². The van der Waals surface area contributed by atoms with Crippen molar-refractivity contribution in [2.45, 2.75) is 31.8 Å². The minimum absolute atomic E-state index is 0.0103. The van der Waals surface area contributed by atoms with Crippen LogP contribution in [0.5, 0.6) is 0 Å². The quantitative estimate of drug-likeness (QED) is 0.739. The van der Waals surface area contributed by atoms with Gasteiger partial charge in [0.25, 0.3) is 0 Å². The van der Waals surface area contributed by atoms with Crippen molar-refractivity contribution in [3.05, 3.63) is 35.9 Å². The lowest BCUT2D eigenvalue weighted by atomic mass is 10.1. The third-order valence-corrected chi connectivity index (χ3v) is 4.99. The summed E-state index contributed by atoms with van der Waals surface area (Å²) in [6.07, 6.45) is 4.19. The van der Waals surface area contributed by atoms with Gasteiger partial charge in [0.2, 0.25) is 11.8 Å². The zero-order chi connectivity index (χ0) is 18.2. The Labute approximate surface area is 155 Å². The Morgan fingerprint density at radius 1 is 1.19 bits per heavy atom. The van der Waals surface area contributed by atoms with Gasteiger partial charge >= 0.3 is 0 Å². The Balaban J connectivity index is 1.35. The number of rotatable bonds is 7. The van der Waals surface area contributed by atoms with Crippen molar-refractivity contribution in [3.63, 3.8) is 0 Å². The summed E-state index contributed by atoms with van der Waals surface area (Å²) < 4.78 is 11.1. The number of nitrogens with zero attached hydrogens (tertiary/aromatic N) is 2. The van der Waals surface area contributed by atoms with Crippen LogP contribution >= 0.6 is 0 Å². The zero-order valence-electron chi connectivity index (χ0n) is 15.3. The largest absolute Gasteiger partial charge is 0.376 e. The molecule has 0 radical (unpaired) electrons. The second kappa shape index (κ2) is 9.69. The first-order valence-electron chi connectivity index (χ1n) is 9.51. The molecule has 1 atom stereocenters. The predicted octanol–water partition coefficient (Wildman–Crippen LogP) is 1.49. The molecule has 0 aliphatic carbocycles. The van der Waals surface area contributed by atoms with Gasteiger partial charge in [0.05, 0.1) is 19.3 Å². The third kappa shape index (κ3) is 5.54. The molecule has 2 aliphatic rings. The summed E-state index contributed by atoms with van der Waals surface area (Å²) in [6.45, 7) is 3.26. The monoisotopic (exact) mass is 360 g/mol. The summed E-state index contributed by atoms with van der Waals surface area (Å²) in [5, 5.41) is 0. The molecule has 0 bridgehead atoms. The Morgan fingerprint density at radius 2 is 2.04 bits per heavy atom. The summed E-state index contributed by atoms with van der Waals surface area (Å²) in [7, 11) is 0. The maximum absolute atomic E-state index is 12.3. The highest BCUT2D eigenvalue weighted by molar-refractivity contribution is 5.86. The smallest absolute Gasteiger partial charge is 0.249 e. The summed E-state index contributed by atoms with van der Waals surface area (Å²) in [6, 6.07) is 10.1. The summed E-state index contributed by atoms with van der Waals surface area (Å²) in [5.74, 6) is -0.104. The fourth-order valence-electron chi connectivity index (χ4n) is 3.37. The van der Waals surface area contributed by atoms with E-state index in [9.17, 15) is 9.59 Å². The van der Waals surface area contributed by atoms with E-state index in [1.165, 1.54) is 5.56 Å². The van der Waals surface area contributed by atoms with Crippen LogP contribution in [0.4, 0.5) is 0 Å². The van der Waals surface area contributed by atoms with Gasteiger partial charge in [-0.2, -0.15) is 0 Å². The van der Waals surface area contributed by atoms with Crippen LogP contribution < -0.4 is 0 Å². The maximum atomic E-state index is 12.3. The SMILES string of the molecule is O=C1CN(C(=O)COC[C@@H]2CCCCO2)CCN1CCc1ccccc1. The van der Waals surface area contributed by atoms with Crippen LogP contribution in [0.15, 0.2) is 30.3 Å². The maximum Gasteiger partial charge on any atom is 0.249 e. The van der Waals surface area contributed by atoms with Crippen LogP contribution in [-0.4, -0.2) is 73.7 Å². The van der Waals surface area contributed by atoms with Gasteiger partial charge in [-0.05, 0) is 31.2 Å². The van der Waals surface area contributed by atoms with Crippen molar-refractivity contribution in [1.29, 1.82) is 0 Å². The van der Waals surface area contributed by atoms with Gasteiger partial charge in [0.1, 0.15) is 6.61 Å². The highest BCUT2D eigenvalue weighted by Gasteiger charge is 2.27. The number of ether oxygens (including phenoxy) is 2. The predicted molar refractivity (Wildman–Crippen MR) is 97.7 cm³/mol. The summed E-state index contributed by atoms with van der Waals surface area (Å²) in [5.41, 5.74) is 1.22. The Bertz CT molecular complexity index is 587. The molecule has 0 saturated carbocycles. The normalized spacial score (nSPS) is 21.1. The van der Waals surface area contributed by atoms with Crippen molar-refractivity contribution in [3.8, 4) is 0 Å². The molecular weight excluding hydrogens is 332 g/mol. The standard InChI is InChI=1S/C20H28N2O4/c23-19-14-22(20(24)16-25-15-18-8-4-5-13-26-18)12-11-21(19)10-9-17-6-2-1-3-7-17/h1-3,6-7,18H,4-5,8-16H2/t18-/m0/s1. The topological polar surface area (TPSA) is 59.1 Å². The Morgan fingerprint density at radius 3 is 2.77 bits per heavy atom. The van der Waals surface area contributed by atoms with Crippen LogP contribution in [0.3, 0.4) is 0 Å². The molecule has 1 aromatic carbocycles. The zero-order valence-corrected chi connectivity index (χ0v) is 15.3. The van der Waals surface area contributed by atoms with E-state index in [-0.39, 0.29) is 31.1 Å². The first-order chi connectivity index (χ1) is 12.7. The van der Waals surface area contributed by atoms with Crippen LogP contribution in [0, 0.1) is 0 Å². The lowest BCUT2D eigenvalue weighted by Crippen LogP contribution is -2.53. The van der Waals surface area contributed by atoms with Crippen molar-refractivity contribution >= 4 is 11.8 Å². The van der Waals surface area contributed by atoms with E-state index in [1.54, 1.807) is 4.90 Å². The highest BCUT2D eigenvalue weighted by atomic mass is 16.5. The molecule has 26 heavy (non-hydrogen) atoms. The average Bonchev–Trinajstić information content (AvgIpc) is 2.68. The third-order valence-electron chi connectivity index (χ3n) is 4.99. The van der Waals surface area contributed by atoms with E-state index < -0.39 is 0 Å². The van der Waals surface area contributed by atoms with E-state index in [0.29, 0.717) is 26.2 Å². The lowest BCUT2D eigenvalue weighted by Gasteiger charge is -2.34. The minimum atomic E-state index is -0.114. The number of hydrogen-bond donors (Lipinski definition) is 0. The van der Waals surface area contributed by atoms with E-state index in [4.69, 9.17) is 9.47 Å². The highest BCUT2D eigenvalue weighted by Crippen LogP contribution is 2.13. The lowest BCUT2D eigenvalue weighted by molar-refractivity contribution is -0.148. The molecule has 2 saturated heterocycles. The van der Waals surface area contributed by atoms with Crippen molar-refractivity contribution in [2.75, 3.05) is 46.0 Å². The molecule has 0 N–H and O–H groups in total. The molecule has 0 aromatic heterocycles. The Kier molecular flexibility index (Phi) is 7.03. The van der Waals surface area contributed by atoms with Gasteiger partial charge < -0.3 is 19.3 Å². The van der Waals surface area contributed by atoms with Crippen LogP contribution in [-0.2, 0) is 25.5 Å². The number of carbonyl (C=O) groups excluding carboxylic acids is 2. The molecule has 1 aromatic rings. The van der Waals surface area contributed by atoms with Crippen molar-refractivity contribution in [1.82, 2.24) is 9.80 Å². The second-order valence-electron chi connectivity index (χ2n) is 6.94. The van der Waals surface area contributed by atoms with Crippen molar-refractivity contribution < 1.29 is 19.1 Å². The van der Waals surface area contributed by atoms with Gasteiger partial charge in [0, 0.05) is 26.2 Å². The fraction of sp³-hybridized carbons (Fsp3) is 0.600. The molecule has 2 amide bonds. The number of hydrogen-bond acceptors (Lipinski definition) is 4. The van der Waals surface area contributed by atoms with Gasteiger partial charge in [-0.1, -0.05) is 30.3 Å². The first kappa shape index (κ1) is 18.9. The second-order valence-corrected chi connectivity index (χ2v) is 6.94. The number of amides is 2. The Hall–Kier alpha value is -1.92. The fourth-order valence-corrected chi connectivity index (χ4v) is 3.37. The molecular formula is C20H28N2O4. The molecule has 3 rings (SSSR count). The molecule has 2 aliphatic heterocycles. The van der Waals surface area contributed by atoms with E-state index >= 15 is 0 Å². The van der Waals surface area contributed by atoms with Gasteiger partial charge in [0.15, 0.2) is 0 Å². The molecule has 6 nitrogen and oxygen atoms in total. The van der Waals surface area contributed by atoms with E-state index in [1.807, 2.05) is 23.1 Å². The first-order valence-corrected chi connectivity index (χ1v) is 9.51. The molecule has 6 heteroatoms. The minimum Gasteiger partial charge on any atom is -0.376 e. The number of carbonyl (C=O) groups is 2. The van der Waals surface area contributed by atoms with Crippen molar-refractivity contribution in [2.24, 2.45) is 0 Å². The average molecular weight is 360 g/mol. The summed E-state index contributed by atoms with van der Waals surface area (Å²) in [4.78, 5) is 28.0. The molecule has 2 fully saturated rings. The molecule has 142 valence electrons. The molecule has 0 unspecified atom stereocenters. The van der Waals surface area contributed by atoms with E-state index in [0.717, 1.165) is 32.3 Å². The van der Waals surface area contributed by atoms with Gasteiger partial charge in [-0.25, -0.2) is 0 Å². The number of piperazine rings is 1. The van der Waals surface area contributed by atoms with Crippen LogP contribution in [0.1, 0.15) is 24.8 Å². The molecule has 2 heterocycles. The van der Waals surface area contributed by atoms with Crippen LogP contribution in [0.2, 0.25) is 0 Å². The van der Waals surface area contributed by atoms with E-state index in [2.05, 4.69) is 12.1 Å². The number of benzene rings is 1. The summed E-state index contributed by atoms with van der Waals surface area (Å²) >= 11 is 0. The molecule has 0 spiro atoms. The van der Waals surface area contributed by atoms with Gasteiger partial charge in [-0.3, -0.25) is 9.59 Å². The van der Waals surface area contributed by atoms with Gasteiger partial charge in [-0.15, -0.1) is 0 Å².